The number of thioether (sulfide) groups is 1. The molecule has 0 radical (unpaired) electrons. The monoisotopic (exact) mass is 812 g/mol. The van der Waals surface area contributed by atoms with E-state index in [4.69, 9.17) is 14.2 Å². The third-order valence-corrected chi connectivity index (χ3v) is 11.1. The molecule has 5 aromatic carbocycles. The molecule has 2 aliphatic rings. The summed E-state index contributed by atoms with van der Waals surface area (Å²) in [6.07, 6.45) is -1.54. The summed E-state index contributed by atoms with van der Waals surface area (Å²) < 4.78 is 20.0. The number of aromatic nitrogens is 4. The SMILES string of the molecule is O=C(NC1CC(=O)N(Cc2cccc(-c3ccc([C@@H]4O[C@H](CSc5nnnn5-c5ccc(O)cc5)C[C@H](c5ccc(CO)cc5)O4)cc3)c2)C1=O)OCc1ccccc1. The molecule has 1 unspecified atom stereocenters. The number of carbonyl (C=O) groups excluding carboxylic acids is 3. The normalized spacial score (nSPS) is 19.2. The van der Waals surface area contributed by atoms with Gasteiger partial charge in [-0.25, -0.2) is 4.79 Å². The van der Waals surface area contributed by atoms with Crippen molar-refractivity contribution in [1.82, 2.24) is 30.4 Å². The van der Waals surface area contributed by atoms with E-state index >= 15 is 0 Å². The number of nitrogens with zero attached hydrogens (tertiary/aromatic N) is 5. The zero-order chi connectivity index (χ0) is 40.7. The number of aliphatic hydroxyl groups excluding tert-OH is 1. The molecule has 2 saturated heterocycles. The molecule has 2 aliphatic heterocycles. The molecule has 59 heavy (non-hydrogen) atoms. The van der Waals surface area contributed by atoms with Crippen LogP contribution >= 0.6 is 11.8 Å². The largest absolute Gasteiger partial charge is 0.508 e. The molecule has 2 fully saturated rings. The Bertz CT molecular complexity index is 2400. The predicted molar refractivity (Wildman–Crippen MR) is 216 cm³/mol. The third-order valence-electron chi connectivity index (χ3n) is 10.1. The summed E-state index contributed by atoms with van der Waals surface area (Å²) in [6, 6.07) is 38.0. The van der Waals surface area contributed by atoms with Crippen molar-refractivity contribution in [3.8, 4) is 22.6 Å². The lowest BCUT2D eigenvalue weighted by molar-refractivity contribution is -0.245. The van der Waals surface area contributed by atoms with E-state index in [0.29, 0.717) is 23.0 Å². The third kappa shape index (κ3) is 9.50. The van der Waals surface area contributed by atoms with Crippen molar-refractivity contribution < 1.29 is 38.8 Å². The van der Waals surface area contributed by atoms with Gasteiger partial charge in [0.15, 0.2) is 6.29 Å². The number of aliphatic hydroxyl groups is 1. The van der Waals surface area contributed by atoms with Crippen LogP contribution in [0, 0.1) is 0 Å². The molecule has 0 saturated carbocycles. The maximum absolute atomic E-state index is 13.2. The number of phenolic OH excluding ortho intramolecular Hbond substituents is 1. The first-order valence-electron chi connectivity index (χ1n) is 19.0. The molecular formula is C44H40N6O8S. The Kier molecular flexibility index (Phi) is 12.1. The molecule has 14 nitrogen and oxygen atoms in total. The van der Waals surface area contributed by atoms with Crippen molar-refractivity contribution in [3.63, 3.8) is 0 Å². The highest BCUT2D eigenvalue weighted by Gasteiger charge is 2.40. The molecule has 6 aromatic rings. The summed E-state index contributed by atoms with van der Waals surface area (Å²) in [7, 11) is 0. The van der Waals surface area contributed by atoms with Crippen LogP contribution in [0.3, 0.4) is 0 Å². The van der Waals surface area contributed by atoms with Crippen LogP contribution in [0.2, 0.25) is 0 Å². The van der Waals surface area contributed by atoms with Crippen LogP contribution in [0.4, 0.5) is 4.79 Å². The summed E-state index contributed by atoms with van der Waals surface area (Å²) >= 11 is 1.46. The van der Waals surface area contributed by atoms with Crippen LogP contribution in [-0.2, 0) is 43.6 Å². The van der Waals surface area contributed by atoms with Gasteiger partial charge in [-0.05, 0) is 74.1 Å². The second-order valence-corrected chi connectivity index (χ2v) is 15.1. The summed E-state index contributed by atoms with van der Waals surface area (Å²) in [5.74, 6) is -0.175. The van der Waals surface area contributed by atoms with Gasteiger partial charge in [0.1, 0.15) is 18.4 Å². The molecule has 15 heteroatoms. The highest BCUT2D eigenvalue weighted by Crippen LogP contribution is 2.40. The molecule has 1 aromatic heterocycles. The van der Waals surface area contributed by atoms with Crippen LogP contribution in [-0.4, -0.2) is 71.1 Å². The second kappa shape index (κ2) is 18.0. The highest BCUT2D eigenvalue weighted by atomic mass is 32.2. The maximum atomic E-state index is 13.2. The fourth-order valence-corrected chi connectivity index (χ4v) is 7.86. The number of benzene rings is 5. The zero-order valence-corrected chi connectivity index (χ0v) is 32.5. The first kappa shape index (κ1) is 39.4. The summed E-state index contributed by atoms with van der Waals surface area (Å²) in [5, 5.41) is 34.7. The molecule has 8 rings (SSSR count). The highest BCUT2D eigenvalue weighted by molar-refractivity contribution is 7.99. The Morgan fingerprint density at radius 3 is 2.34 bits per heavy atom. The Balaban J connectivity index is 0.929. The lowest BCUT2D eigenvalue weighted by Crippen LogP contribution is -2.41. The number of hydrogen-bond acceptors (Lipinski definition) is 12. The smallest absolute Gasteiger partial charge is 0.408 e. The first-order chi connectivity index (χ1) is 28.8. The minimum atomic E-state index is -0.994. The Hall–Kier alpha value is -6.39. The quantitative estimate of drug-likeness (QED) is 0.0863. The van der Waals surface area contributed by atoms with E-state index in [1.54, 1.807) is 28.9 Å². The van der Waals surface area contributed by atoms with Gasteiger partial charge in [-0.15, -0.1) is 5.10 Å². The number of tetrazole rings is 1. The fraction of sp³-hybridized carbons (Fsp3) is 0.227. The van der Waals surface area contributed by atoms with Gasteiger partial charge in [-0.1, -0.05) is 109 Å². The standard InChI is InChI=1S/C44H40N6O8S/c51-25-28-9-11-32(12-10-28)39-22-37(27-59-43-46-47-48-50(43)35-17-19-36(52)20-18-35)57-42(58-39)33-15-13-31(14-16-33)34-8-4-7-30(21-34)24-49-40(53)23-38(41(49)54)45-44(55)56-26-29-5-2-1-3-6-29/h1-21,37-39,42,51-52H,22-27H2,(H,45,55)/t37-,38?,39+,42+/m0/s1. The van der Waals surface area contributed by atoms with E-state index in [1.165, 1.54) is 16.7 Å². The minimum Gasteiger partial charge on any atom is -0.508 e. The van der Waals surface area contributed by atoms with Gasteiger partial charge in [0.2, 0.25) is 11.1 Å². The van der Waals surface area contributed by atoms with Gasteiger partial charge >= 0.3 is 6.09 Å². The van der Waals surface area contributed by atoms with Crippen molar-refractivity contribution in [2.24, 2.45) is 0 Å². The molecule has 3 heterocycles. The zero-order valence-electron chi connectivity index (χ0n) is 31.7. The number of carbonyl (C=O) groups is 3. The summed E-state index contributed by atoms with van der Waals surface area (Å²) in [6.45, 7) is 0.0577. The van der Waals surface area contributed by atoms with Gasteiger partial charge < -0.3 is 29.7 Å². The Morgan fingerprint density at radius 2 is 1.58 bits per heavy atom. The molecule has 0 aliphatic carbocycles. The fourth-order valence-electron chi connectivity index (χ4n) is 6.95. The van der Waals surface area contributed by atoms with Gasteiger partial charge in [-0.2, -0.15) is 4.68 Å². The lowest BCUT2D eigenvalue weighted by Gasteiger charge is -2.36. The Labute approximate surface area is 343 Å². The number of hydrogen-bond donors (Lipinski definition) is 3. The molecule has 4 atom stereocenters. The van der Waals surface area contributed by atoms with Gasteiger partial charge in [0.05, 0.1) is 37.5 Å². The molecule has 3 amide bonds. The summed E-state index contributed by atoms with van der Waals surface area (Å²) in [4.78, 5) is 39.7. The first-order valence-corrected chi connectivity index (χ1v) is 20.0. The molecular weight excluding hydrogens is 773 g/mol. The van der Waals surface area contributed by atoms with Crippen molar-refractivity contribution in [2.75, 3.05) is 5.75 Å². The van der Waals surface area contributed by atoms with Crippen LogP contribution < -0.4 is 5.32 Å². The number of aromatic hydroxyl groups is 1. The van der Waals surface area contributed by atoms with Crippen molar-refractivity contribution in [2.45, 2.75) is 62.3 Å². The van der Waals surface area contributed by atoms with Gasteiger partial charge in [0, 0.05) is 17.7 Å². The number of rotatable bonds is 13. The number of phenols is 1. The number of alkyl carbamates (subject to hydrolysis) is 1. The average Bonchev–Trinajstić information content (AvgIpc) is 3.85. The summed E-state index contributed by atoms with van der Waals surface area (Å²) in [5.41, 5.74) is 6.67. The number of nitrogens with one attached hydrogen (secondary N) is 1. The van der Waals surface area contributed by atoms with Crippen molar-refractivity contribution in [1.29, 1.82) is 0 Å². The average molecular weight is 813 g/mol. The minimum absolute atomic E-state index is 0.0496. The molecule has 300 valence electrons. The number of amides is 3. The van der Waals surface area contributed by atoms with E-state index < -0.39 is 24.3 Å². The van der Waals surface area contributed by atoms with Crippen LogP contribution in [0.1, 0.15) is 53.1 Å². The van der Waals surface area contributed by atoms with Gasteiger partial charge in [-0.3, -0.25) is 14.5 Å². The molecule has 0 bridgehead atoms. The Morgan fingerprint density at radius 1 is 0.831 bits per heavy atom. The van der Waals surface area contributed by atoms with Gasteiger partial charge in [0.25, 0.3) is 5.91 Å². The molecule has 3 N–H and O–H groups in total. The number of likely N-dealkylation sites (tertiary alicyclic amines) is 1. The molecule has 0 spiro atoms. The van der Waals surface area contributed by atoms with E-state index in [2.05, 4.69) is 20.8 Å². The van der Waals surface area contributed by atoms with Crippen LogP contribution in [0.15, 0.2) is 133 Å². The van der Waals surface area contributed by atoms with Crippen LogP contribution in [0.5, 0.6) is 5.75 Å². The topological polar surface area (TPSA) is 178 Å². The van der Waals surface area contributed by atoms with E-state index in [1.807, 2.05) is 103 Å². The second-order valence-electron chi connectivity index (χ2n) is 14.2. The number of imide groups is 1. The van der Waals surface area contributed by atoms with Crippen LogP contribution in [0.25, 0.3) is 16.8 Å². The maximum Gasteiger partial charge on any atom is 0.408 e. The lowest BCUT2D eigenvalue weighted by atomic mass is 9.99. The number of ether oxygens (including phenoxy) is 3. The van der Waals surface area contributed by atoms with E-state index in [9.17, 15) is 24.6 Å². The predicted octanol–water partition coefficient (Wildman–Crippen LogP) is 6.42. The van der Waals surface area contributed by atoms with Crippen molar-refractivity contribution >= 4 is 29.7 Å². The van der Waals surface area contributed by atoms with E-state index in [-0.39, 0.29) is 50.0 Å². The van der Waals surface area contributed by atoms with Crippen molar-refractivity contribution in [3.05, 3.63) is 155 Å². The van der Waals surface area contributed by atoms with E-state index in [0.717, 1.165) is 38.9 Å².